The lowest BCUT2D eigenvalue weighted by Crippen LogP contribution is -2.53. The predicted octanol–water partition coefficient (Wildman–Crippen LogP) is 1.66. The fraction of sp³-hybridized carbons (Fsp3) is 0.529. The van der Waals surface area contributed by atoms with Crippen LogP contribution in [0.15, 0.2) is 24.3 Å². The zero-order chi connectivity index (χ0) is 16.2. The maximum Gasteiger partial charge on any atom is 0.253 e. The molecule has 2 fully saturated rings. The molecule has 6 nitrogen and oxygen atoms in total. The monoisotopic (exact) mass is 353 g/mol. The Morgan fingerprint density at radius 3 is 2.50 bits per heavy atom. The van der Waals surface area contributed by atoms with E-state index in [2.05, 4.69) is 10.6 Å². The molecule has 3 rings (SSSR count). The summed E-state index contributed by atoms with van der Waals surface area (Å²) in [5.74, 6) is -0.0489. The largest absolute Gasteiger partial charge is 0.375 e. The SMILES string of the molecule is C[C@H]1OCCN[C@@H]1C(=O)Nc1ccc(C(=O)N2CCCC2)cc1.Cl. The number of morpholine rings is 1. The second-order valence-corrected chi connectivity index (χ2v) is 6.07. The third kappa shape index (κ3) is 4.26. The minimum absolute atomic E-state index is 0. The first-order chi connectivity index (χ1) is 11.1. The fourth-order valence-electron chi connectivity index (χ4n) is 3.05. The molecular weight excluding hydrogens is 330 g/mol. The molecule has 2 N–H and O–H groups in total. The Kier molecular flexibility index (Phi) is 6.60. The number of nitrogens with zero attached hydrogens (tertiary/aromatic N) is 1. The minimum Gasteiger partial charge on any atom is -0.375 e. The molecule has 2 atom stereocenters. The number of nitrogens with one attached hydrogen (secondary N) is 2. The Hall–Kier alpha value is -1.63. The van der Waals surface area contributed by atoms with Gasteiger partial charge in [-0.15, -0.1) is 12.4 Å². The van der Waals surface area contributed by atoms with Crippen LogP contribution in [-0.2, 0) is 9.53 Å². The van der Waals surface area contributed by atoms with Gasteiger partial charge in [-0.25, -0.2) is 0 Å². The number of halogens is 1. The molecule has 0 spiro atoms. The zero-order valence-corrected chi connectivity index (χ0v) is 14.6. The minimum atomic E-state index is -0.352. The molecule has 0 aromatic heterocycles. The van der Waals surface area contributed by atoms with Gasteiger partial charge in [0.25, 0.3) is 5.91 Å². The number of carbonyl (C=O) groups is 2. The number of ether oxygens (including phenoxy) is 1. The highest BCUT2D eigenvalue weighted by atomic mass is 35.5. The smallest absolute Gasteiger partial charge is 0.253 e. The van der Waals surface area contributed by atoms with Crippen LogP contribution in [0.4, 0.5) is 5.69 Å². The summed E-state index contributed by atoms with van der Waals surface area (Å²) in [7, 11) is 0. The summed E-state index contributed by atoms with van der Waals surface area (Å²) in [6.45, 7) is 4.85. The van der Waals surface area contributed by atoms with Crippen molar-refractivity contribution in [3.05, 3.63) is 29.8 Å². The Balaban J connectivity index is 0.00000208. The van der Waals surface area contributed by atoms with E-state index in [4.69, 9.17) is 4.74 Å². The molecule has 0 aliphatic carbocycles. The van der Waals surface area contributed by atoms with E-state index in [1.807, 2.05) is 11.8 Å². The van der Waals surface area contributed by atoms with Crippen LogP contribution in [0.25, 0.3) is 0 Å². The van der Waals surface area contributed by atoms with E-state index in [-0.39, 0.29) is 36.4 Å². The van der Waals surface area contributed by atoms with Crippen molar-refractivity contribution < 1.29 is 14.3 Å². The van der Waals surface area contributed by atoms with Crippen molar-refractivity contribution >= 4 is 29.9 Å². The molecule has 0 bridgehead atoms. The highest BCUT2D eigenvalue weighted by Crippen LogP contribution is 2.16. The lowest BCUT2D eigenvalue weighted by Gasteiger charge is -2.29. The third-order valence-electron chi connectivity index (χ3n) is 4.39. The van der Waals surface area contributed by atoms with Gasteiger partial charge >= 0.3 is 0 Å². The Labute approximate surface area is 148 Å². The molecular formula is C17H24ClN3O3. The van der Waals surface area contributed by atoms with Gasteiger partial charge in [-0.1, -0.05) is 0 Å². The number of carbonyl (C=O) groups excluding carboxylic acids is 2. The van der Waals surface area contributed by atoms with Gasteiger partial charge in [-0.3, -0.25) is 9.59 Å². The number of hydrogen-bond acceptors (Lipinski definition) is 4. The van der Waals surface area contributed by atoms with Gasteiger partial charge in [0.2, 0.25) is 5.91 Å². The second kappa shape index (κ2) is 8.46. The Morgan fingerprint density at radius 2 is 1.88 bits per heavy atom. The number of rotatable bonds is 3. The lowest BCUT2D eigenvalue weighted by molar-refractivity contribution is -0.123. The standard InChI is InChI=1S/C17H23N3O3.ClH/c1-12-15(18-8-11-23-12)16(21)19-14-6-4-13(5-7-14)17(22)20-9-2-3-10-20;/h4-7,12,15,18H,2-3,8-11H2,1H3,(H,19,21);1H/t12-,15+;/m1./s1. The summed E-state index contributed by atoms with van der Waals surface area (Å²) in [4.78, 5) is 26.4. The van der Waals surface area contributed by atoms with Crippen LogP contribution in [0, 0.1) is 0 Å². The number of hydrogen-bond donors (Lipinski definition) is 2. The molecule has 24 heavy (non-hydrogen) atoms. The fourth-order valence-corrected chi connectivity index (χ4v) is 3.05. The number of likely N-dealkylation sites (tertiary alicyclic amines) is 1. The molecule has 2 aliphatic heterocycles. The van der Waals surface area contributed by atoms with E-state index in [9.17, 15) is 9.59 Å². The van der Waals surface area contributed by atoms with Crippen molar-refractivity contribution in [1.82, 2.24) is 10.2 Å². The molecule has 2 amide bonds. The maximum atomic E-state index is 12.3. The summed E-state index contributed by atoms with van der Waals surface area (Å²) >= 11 is 0. The molecule has 0 unspecified atom stereocenters. The van der Waals surface area contributed by atoms with Crippen LogP contribution < -0.4 is 10.6 Å². The number of anilines is 1. The van der Waals surface area contributed by atoms with E-state index >= 15 is 0 Å². The second-order valence-electron chi connectivity index (χ2n) is 6.07. The van der Waals surface area contributed by atoms with E-state index in [0.29, 0.717) is 24.4 Å². The van der Waals surface area contributed by atoms with Gasteiger partial charge < -0.3 is 20.3 Å². The molecule has 7 heteroatoms. The Bertz CT molecular complexity index is 573. The number of amides is 2. The summed E-state index contributed by atoms with van der Waals surface area (Å²) in [5, 5.41) is 6.03. The van der Waals surface area contributed by atoms with Crippen LogP contribution in [0.1, 0.15) is 30.1 Å². The van der Waals surface area contributed by atoms with Crippen LogP contribution in [0.2, 0.25) is 0 Å². The van der Waals surface area contributed by atoms with Crippen LogP contribution in [0.3, 0.4) is 0 Å². The van der Waals surface area contributed by atoms with E-state index in [0.717, 1.165) is 25.9 Å². The van der Waals surface area contributed by atoms with Gasteiger partial charge in [0.05, 0.1) is 12.7 Å². The van der Waals surface area contributed by atoms with Crippen molar-refractivity contribution in [2.24, 2.45) is 0 Å². The van der Waals surface area contributed by atoms with Gasteiger partial charge in [0, 0.05) is 30.9 Å². The summed E-state index contributed by atoms with van der Waals surface area (Å²) in [6.07, 6.45) is 2.00. The maximum absolute atomic E-state index is 12.3. The van der Waals surface area contributed by atoms with E-state index in [1.165, 1.54) is 0 Å². The predicted molar refractivity (Wildman–Crippen MR) is 94.7 cm³/mol. The van der Waals surface area contributed by atoms with Crippen molar-refractivity contribution in [3.63, 3.8) is 0 Å². The molecule has 0 radical (unpaired) electrons. The van der Waals surface area contributed by atoms with Crippen molar-refractivity contribution in [1.29, 1.82) is 0 Å². The Morgan fingerprint density at radius 1 is 1.21 bits per heavy atom. The molecule has 2 saturated heterocycles. The number of benzene rings is 1. The normalized spacial score (nSPS) is 23.5. The molecule has 0 saturated carbocycles. The molecule has 1 aromatic carbocycles. The van der Waals surface area contributed by atoms with E-state index in [1.54, 1.807) is 24.3 Å². The lowest BCUT2D eigenvalue weighted by atomic mass is 10.1. The summed E-state index contributed by atoms with van der Waals surface area (Å²) in [6, 6.07) is 6.73. The van der Waals surface area contributed by atoms with Crippen LogP contribution >= 0.6 is 12.4 Å². The van der Waals surface area contributed by atoms with Crippen LogP contribution in [-0.4, -0.2) is 55.1 Å². The van der Waals surface area contributed by atoms with Crippen molar-refractivity contribution in [2.45, 2.75) is 31.9 Å². The highest BCUT2D eigenvalue weighted by molar-refractivity contribution is 5.97. The first kappa shape index (κ1) is 18.7. The average Bonchev–Trinajstić information content (AvgIpc) is 3.09. The topological polar surface area (TPSA) is 70.7 Å². The molecule has 2 aliphatic rings. The third-order valence-corrected chi connectivity index (χ3v) is 4.39. The van der Waals surface area contributed by atoms with Gasteiger partial charge in [0.15, 0.2) is 0 Å². The first-order valence-electron chi connectivity index (χ1n) is 8.20. The molecule has 1 aromatic rings. The highest BCUT2D eigenvalue weighted by Gasteiger charge is 2.28. The average molecular weight is 354 g/mol. The van der Waals surface area contributed by atoms with Crippen molar-refractivity contribution in [3.8, 4) is 0 Å². The zero-order valence-electron chi connectivity index (χ0n) is 13.8. The quantitative estimate of drug-likeness (QED) is 0.867. The molecule has 2 heterocycles. The summed E-state index contributed by atoms with van der Waals surface area (Å²) < 4.78 is 5.48. The van der Waals surface area contributed by atoms with Gasteiger partial charge in [-0.05, 0) is 44.0 Å². The van der Waals surface area contributed by atoms with Gasteiger partial charge in [-0.2, -0.15) is 0 Å². The van der Waals surface area contributed by atoms with Crippen molar-refractivity contribution in [2.75, 3.05) is 31.6 Å². The van der Waals surface area contributed by atoms with Crippen LogP contribution in [0.5, 0.6) is 0 Å². The molecule has 132 valence electrons. The van der Waals surface area contributed by atoms with Gasteiger partial charge in [0.1, 0.15) is 6.04 Å². The van der Waals surface area contributed by atoms with E-state index < -0.39 is 0 Å². The summed E-state index contributed by atoms with van der Waals surface area (Å²) in [5.41, 5.74) is 1.35. The first-order valence-corrected chi connectivity index (χ1v) is 8.20.